The van der Waals surface area contributed by atoms with Gasteiger partial charge in [0, 0.05) is 30.4 Å². The highest BCUT2D eigenvalue weighted by atomic mass is 35.5. The summed E-state index contributed by atoms with van der Waals surface area (Å²) in [7, 11) is 1.81. The average Bonchev–Trinajstić information content (AvgIpc) is 3.29. The van der Waals surface area contributed by atoms with Crippen molar-refractivity contribution in [3.05, 3.63) is 53.2 Å². The van der Waals surface area contributed by atoms with Gasteiger partial charge in [-0.1, -0.05) is 23.7 Å². The van der Waals surface area contributed by atoms with Crippen molar-refractivity contribution in [1.82, 2.24) is 19.7 Å². The number of carbonyl (C=O) groups excluding carboxylic acids is 1. The molecular formula is C19H18ClFN6O2. The zero-order chi connectivity index (χ0) is 20.5. The largest absolute Gasteiger partial charge is 0.447 e. The topological polar surface area (TPSA) is 85.2 Å². The molecular weight excluding hydrogens is 399 g/mol. The van der Waals surface area contributed by atoms with Crippen LogP contribution in [0.25, 0.3) is 11.1 Å². The van der Waals surface area contributed by atoms with Crippen molar-refractivity contribution in [3.63, 3.8) is 0 Å². The maximum absolute atomic E-state index is 14.7. The molecule has 0 radical (unpaired) electrons. The minimum atomic E-state index is -0.490. The molecule has 0 aliphatic carbocycles. The number of carbonyl (C=O) groups is 1. The number of nitrogens with zero attached hydrogens (tertiary/aromatic N) is 5. The van der Waals surface area contributed by atoms with Crippen LogP contribution in [-0.4, -0.2) is 39.0 Å². The van der Waals surface area contributed by atoms with Crippen LogP contribution < -0.4 is 10.2 Å². The van der Waals surface area contributed by atoms with E-state index in [0.29, 0.717) is 17.9 Å². The van der Waals surface area contributed by atoms with Gasteiger partial charge in [0.1, 0.15) is 23.4 Å². The lowest BCUT2D eigenvalue weighted by Gasteiger charge is -2.18. The number of ether oxygens (including phenoxy) is 1. The predicted octanol–water partition coefficient (Wildman–Crippen LogP) is 3.80. The minimum absolute atomic E-state index is 0.164. The number of cyclic esters (lactones) is 1. The van der Waals surface area contributed by atoms with Gasteiger partial charge in [-0.3, -0.25) is 9.58 Å². The van der Waals surface area contributed by atoms with Gasteiger partial charge < -0.3 is 10.1 Å². The minimum Gasteiger partial charge on any atom is -0.447 e. The maximum Gasteiger partial charge on any atom is 0.415 e. The molecule has 0 spiro atoms. The fourth-order valence-corrected chi connectivity index (χ4v) is 3.29. The molecule has 8 nitrogen and oxygen atoms in total. The second-order valence-electron chi connectivity index (χ2n) is 6.64. The molecule has 3 heterocycles. The summed E-state index contributed by atoms with van der Waals surface area (Å²) in [5, 5.41) is 7.31. The van der Waals surface area contributed by atoms with Gasteiger partial charge in [0.25, 0.3) is 0 Å². The van der Waals surface area contributed by atoms with Crippen LogP contribution in [0.4, 0.5) is 21.0 Å². The number of aromatic nitrogens is 4. The normalized spacial score (nSPS) is 14.8. The molecule has 0 saturated carbocycles. The van der Waals surface area contributed by atoms with Crippen LogP contribution in [0.3, 0.4) is 0 Å². The molecule has 0 bridgehead atoms. The third-order valence-electron chi connectivity index (χ3n) is 4.57. The summed E-state index contributed by atoms with van der Waals surface area (Å²) in [6.07, 6.45) is 3.01. The molecule has 1 amide bonds. The molecule has 150 valence electrons. The lowest BCUT2D eigenvalue weighted by Crippen LogP contribution is -2.25. The summed E-state index contributed by atoms with van der Waals surface area (Å²) >= 11 is 6.08. The molecule has 1 aliphatic heterocycles. The number of aryl methyl sites for hydroxylation is 1. The quantitative estimate of drug-likeness (QED) is 0.637. The number of hydrogen-bond donors (Lipinski definition) is 1. The van der Waals surface area contributed by atoms with E-state index in [1.165, 1.54) is 17.0 Å². The Morgan fingerprint density at radius 1 is 1.28 bits per heavy atom. The van der Waals surface area contributed by atoms with Gasteiger partial charge >= 0.3 is 6.09 Å². The second kappa shape index (κ2) is 7.67. The van der Waals surface area contributed by atoms with Gasteiger partial charge in [-0.05, 0) is 18.6 Å². The molecule has 1 aliphatic rings. The summed E-state index contributed by atoms with van der Waals surface area (Å²) in [6.45, 7) is 2.45. The fourth-order valence-electron chi connectivity index (χ4n) is 3.11. The number of halogens is 2. The van der Waals surface area contributed by atoms with E-state index in [1.54, 1.807) is 30.9 Å². The lowest BCUT2D eigenvalue weighted by molar-refractivity contribution is 0.181. The number of benzene rings is 1. The molecule has 1 fully saturated rings. The molecule has 3 aromatic rings. The molecule has 1 N–H and O–H groups in total. The summed E-state index contributed by atoms with van der Waals surface area (Å²) in [5.74, 6) is 0.154. The molecule has 1 aromatic carbocycles. The second-order valence-corrected chi connectivity index (χ2v) is 7.03. The first-order chi connectivity index (χ1) is 13.9. The van der Waals surface area contributed by atoms with E-state index >= 15 is 0 Å². The summed E-state index contributed by atoms with van der Waals surface area (Å²) in [4.78, 5) is 21.6. The summed E-state index contributed by atoms with van der Waals surface area (Å²) in [6, 6.07) is 6.05. The van der Waals surface area contributed by atoms with Gasteiger partial charge in [-0.25, -0.2) is 14.2 Å². The number of nitrogens with one attached hydrogen (secondary N) is 1. The fraction of sp³-hybridized carbons (Fsp3) is 0.263. The van der Waals surface area contributed by atoms with Gasteiger partial charge in [0.05, 0.1) is 18.8 Å². The van der Waals surface area contributed by atoms with Crippen molar-refractivity contribution in [1.29, 1.82) is 0 Å². The van der Waals surface area contributed by atoms with Crippen LogP contribution in [0.2, 0.25) is 5.15 Å². The van der Waals surface area contributed by atoms with Crippen LogP contribution in [0.5, 0.6) is 0 Å². The lowest BCUT2D eigenvalue weighted by atomic mass is 10.0. The van der Waals surface area contributed by atoms with E-state index in [4.69, 9.17) is 16.3 Å². The highest BCUT2D eigenvalue weighted by Gasteiger charge is 2.26. The van der Waals surface area contributed by atoms with Crippen molar-refractivity contribution in [2.45, 2.75) is 13.0 Å². The van der Waals surface area contributed by atoms with E-state index in [0.717, 1.165) is 11.1 Å². The zero-order valence-corrected chi connectivity index (χ0v) is 16.5. The Balaban J connectivity index is 1.55. The SMILES string of the molecule is C[C@H](Nc1nc(Cl)cc(N2CCOC2=O)n1)c1ccc(-c2cnn(C)c2)cc1F. The Labute approximate surface area is 171 Å². The Kier molecular flexibility index (Phi) is 5.06. The van der Waals surface area contributed by atoms with E-state index < -0.39 is 12.1 Å². The first-order valence-electron chi connectivity index (χ1n) is 8.94. The summed E-state index contributed by atoms with van der Waals surface area (Å²) in [5.41, 5.74) is 2.02. The van der Waals surface area contributed by atoms with Crippen LogP contribution in [0, 0.1) is 5.82 Å². The van der Waals surface area contributed by atoms with Gasteiger partial charge in [-0.2, -0.15) is 10.1 Å². The van der Waals surface area contributed by atoms with E-state index in [9.17, 15) is 9.18 Å². The first-order valence-corrected chi connectivity index (χ1v) is 9.32. The molecule has 1 atom stereocenters. The molecule has 10 heteroatoms. The Bertz CT molecular complexity index is 1070. The number of anilines is 2. The maximum atomic E-state index is 14.7. The highest BCUT2D eigenvalue weighted by Crippen LogP contribution is 2.27. The van der Waals surface area contributed by atoms with Gasteiger partial charge in [-0.15, -0.1) is 0 Å². The van der Waals surface area contributed by atoms with E-state index in [1.807, 2.05) is 12.3 Å². The third kappa shape index (κ3) is 4.00. The zero-order valence-electron chi connectivity index (χ0n) is 15.8. The third-order valence-corrected chi connectivity index (χ3v) is 4.76. The molecule has 2 aromatic heterocycles. The highest BCUT2D eigenvalue weighted by molar-refractivity contribution is 6.29. The van der Waals surface area contributed by atoms with Crippen molar-refractivity contribution in [2.24, 2.45) is 7.05 Å². The predicted molar refractivity (Wildman–Crippen MR) is 106 cm³/mol. The van der Waals surface area contributed by atoms with Crippen LogP contribution >= 0.6 is 11.6 Å². The number of rotatable bonds is 5. The monoisotopic (exact) mass is 416 g/mol. The number of hydrogen-bond acceptors (Lipinski definition) is 6. The van der Waals surface area contributed by atoms with Crippen LogP contribution in [0.15, 0.2) is 36.7 Å². The Morgan fingerprint density at radius 3 is 2.76 bits per heavy atom. The van der Waals surface area contributed by atoms with Crippen molar-refractivity contribution in [3.8, 4) is 11.1 Å². The van der Waals surface area contributed by atoms with Crippen molar-refractivity contribution in [2.75, 3.05) is 23.4 Å². The van der Waals surface area contributed by atoms with Crippen LogP contribution in [-0.2, 0) is 11.8 Å². The summed E-state index contributed by atoms with van der Waals surface area (Å²) < 4.78 is 21.3. The Hall–Kier alpha value is -3.20. The van der Waals surface area contributed by atoms with Crippen LogP contribution in [0.1, 0.15) is 18.5 Å². The molecule has 1 saturated heterocycles. The van der Waals surface area contributed by atoms with Crippen molar-refractivity contribution < 1.29 is 13.9 Å². The molecule has 4 rings (SSSR count). The molecule has 0 unspecified atom stereocenters. The van der Waals surface area contributed by atoms with Gasteiger partial charge in [0.15, 0.2) is 0 Å². The van der Waals surface area contributed by atoms with E-state index in [-0.39, 0.29) is 23.5 Å². The first kappa shape index (κ1) is 19.1. The van der Waals surface area contributed by atoms with E-state index in [2.05, 4.69) is 20.4 Å². The van der Waals surface area contributed by atoms with Gasteiger partial charge in [0.2, 0.25) is 5.95 Å². The average molecular weight is 417 g/mol. The standard InChI is InChI=1S/C19H18ClFN6O2/c1-11(14-4-3-12(7-15(14)21)13-9-22-26(2)10-13)23-18-24-16(20)8-17(25-18)27-5-6-29-19(27)28/h3-4,7-11H,5-6H2,1-2H3,(H,23,24,25)/t11-/m0/s1. The van der Waals surface area contributed by atoms with Crippen molar-refractivity contribution >= 4 is 29.5 Å². The Morgan fingerprint density at radius 2 is 2.10 bits per heavy atom. The number of amides is 1. The smallest absolute Gasteiger partial charge is 0.415 e. The molecule has 29 heavy (non-hydrogen) atoms.